The summed E-state index contributed by atoms with van der Waals surface area (Å²) in [6.07, 6.45) is 1.21. The number of ether oxygens (including phenoxy) is 1. The summed E-state index contributed by atoms with van der Waals surface area (Å²) in [4.78, 5) is 15.4. The number of unbranched alkanes of at least 4 members (excludes halogenated alkanes) is 2. The highest BCUT2D eigenvalue weighted by Crippen LogP contribution is 2.29. The predicted molar refractivity (Wildman–Crippen MR) is 118 cm³/mol. The highest BCUT2D eigenvalue weighted by Gasteiger charge is 2.46. The maximum Gasteiger partial charge on any atom is 0.237 e. The number of amides is 1. The number of aliphatic hydroxyl groups excluding tert-OH is 4. The average molecular weight is 445 g/mol. The van der Waals surface area contributed by atoms with Gasteiger partial charge in [-0.15, -0.1) is 0 Å². The van der Waals surface area contributed by atoms with Gasteiger partial charge in [0.1, 0.15) is 24.4 Å². The van der Waals surface area contributed by atoms with E-state index in [1.807, 2.05) is 18.7 Å². The van der Waals surface area contributed by atoms with Crippen molar-refractivity contribution < 1.29 is 30.0 Å². The van der Waals surface area contributed by atoms with E-state index in [1.54, 1.807) is 6.92 Å². The molecule has 0 aromatic heterocycles. The number of nitrogens with zero attached hydrogens (tertiary/aromatic N) is 1. The molecule has 5 N–H and O–H groups in total. The van der Waals surface area contributed by atoms with Gasteiger partial charge < -0.3 is 30.5 Å². The average Bonchev–Trinajstić information content (AvgIpc) is 2.74. The molecule has 31 heavy (non-hydrogen) atoms. The Kier molecular flexibility index (Phi) is 10.6. The second kappa shape index (κ2) is 12.5. The van der Waals surface area contributed by atoms with E-state index in [9.17, 15) is 25.2 Å². The first-order valence-electron chi connectivity index (χ1n) is 12.1. The third-order valence-corrected chi connectivity index (χ3v) is 7.00. The first-order chi connectivity index (χ1) is 14.7. The molecule has 182 valence electrons. The normalized spacial score (nSPS) is 35.8. The molecule has 2 saturated heterocycles. The van der Waals surface area contributed by atoms with E-state index < -0.39 is 36.6 Å². The highest BCUT2D eigenvalue weighted by atomic mass is 16.5. The lowest BCUT2D eigenvalue weighted by Gasteiger charge is -2.45. The number of hydrogen-bond donors (Lipinski definition) is 5. The number of carbonyl (C=O) groups excluding carboxylic acids is 1. The Labute approximate surface area is 187 Å². The minimum atomic E-state index is -1.32. The van der Waals surface area contributed by atoms with Crippen LogP contribution in [0.1, 0.15) is 66.2 Å². The molecule has 2 rings (SSSR count). The fraction of sp³-hybridized carbons (Fsp3) is 0.957. The molecule has 0 bridgehead atoms. The van der Waals surface area contributed by atoms with Gasteiger partial charge in [-0.1, -0.05) is 46.5 Å². The van der Waals surface area contributed by atoms with Gasteiger partial charge in [0.2, 0.25) is 5.91 Å². The minimum absolute atomic E-state index is 0.00390. The number of hydrogen-bond acceptors (Lipinski definition) is 7. The van der Waals surface area contributed by atoms with Crippen LogP contribution in [0.25, 0.3) is 0 Å². The van der Waals surface area contributed by atoms with Crippen molar-refractivity contribution in [3.8, 4) is 0 Å². The molecule has 2 aliphatic heterocycles. The van der Waals surface area contributed by atoms with Crippen LogP contribution in [0.5, 0.6) is 0 Å². The number of carbonyl (C=O) groups is 1. The molecule has 0 radical (unpaired) electrons. The number of likely N-dealkylation sites (tertiary alicyclic amines) is 1. The number of aliphatic hydroxyl groups is 4. The van der Waals surface area contributed by atoms with Gasteiger partial charge >= 0.3 is 0 Å². The van der Waals surface area contributed by atoms with E-state index in [0.29, 0.717) is 12.5 Å². The molecule has 0 aliphatic carbocycles. The van der Waals surface area contributed by atoms with Crippen molar-refractivity contribution in [1.82, 2.24) is 10.2 Å². The maximum absolute atomic E-state index is 13.4. The van der Waals surface area contributed by atoms with Gasteiger partial charge in [0, 0.05) is 6.54 Å². The van der Waals surface area contributed by atoms with Crippen LogP contribution in [-0.4, -0.2) is 93.5 Å². The summed E-state index contributed by atoms with van der Waals surface area (Å²) in [5.41, 5.74) is 0. The van der Waals surface area contributed by atoms with Crippen LogP contribution in [-0.2, 0) is 9.53 Å². The Morgan fingerprint density at radius 2 is 1.87 bits per heavy atom. The summed E-state index contributed by atoms with van der Waals surface area (Å²) < 4.78 is 5.83. The van der Waals surface area contributed by atoms with Gasteiger partial charge in [-0.3, -0.25) is 9.69 Å². The third-order valence-electron chi connectivity index (χ3n) is 7.00. The maximum atomic E-state index is 13.4. The summed E-state index contributed by atoms with van der Waals surface area (Å²) in [6.45, 7) is 8.95. The SMILES string of the molecule is CCCCC[C@@H]1CCN(CCO)[C@H](C(=O)N[C@H](C(C)C)[C@H]2O[C@H](C)[C@H](O)[C@@H](O)[C@H]2O)C1. The Bertz CT molecular complexity index is 548. The summed E-state index contributed by atoms with van der Waals surface area (Å²) in [7, 11) is 0. The van der Waals surface area contributed by atoms with Crippen molar-refractivity contribution in [2.24, 2.45) is 11.8 Å². The van der Waals surface area contributed by atoms with Crippen molar-refractivity contribution >= 4 is 5.91 Å². The minimum Gasteiger partial charge on any atom is -0.395 e. The zero-order valence-electron chi connectivity index (χ0n) is 19.6. The van der Waals surface area contributed by atoms with Gasteiger partial charge in [0.05, 0.1) is 24.8 Å². The molecule has 2 heterocycles. The van der Waals surface area contributed by atoms with E-state index in [1.165, 1.54) is 19.3 Å². The van der Waals surface area contributed by atoms with Crippen LogP contribution in [0.2, 0.25) is 0 Å². The van der Waals surface area contributed by atoms with Crippen LogP contribution in [0.3, 0.4) is 0 Å². The molecular weight excluding hydrogens is 400 g/mol. The van der Waals surface area contributed by atoms with Gasteiger partial charge in [-0.05, 0) is 38.1 Å². The Morgan fingerprint density at radius 3 is 2.48 bits per heavy atom. The van der Waals surface area contributed by atoms with E-state index in [-0.39, 0.29) is 24.5 Å². The Morgan fingerprint density at radius 1 is 1.16 bits per heavy atom. The lowest BCUT2D eigenvalue weighted by molar-refractivity contribution is -0.226. The van der Waals surface area contributed by atoms with E-state index in [4.69, 9.17) is 4.74 Å². The smallest absolute Gasteiger partial charge is 0.237 e. The third kappa shape index (κ3) is 6.85. The molecule has 0 spiro atoms. The Hall–Kier alpha value is -0.770. The van der Waals surface area contributed by atoms with Crippen LogP contribution < -0.4 is 5.32 Å². The number of β-amino-alcohol motifs (C(OH)–C–C–N with tert-alkyl or cyclic N) is 1. The van der Waals surface area contributed by atoms with Crippen LogP contribution in [0.4, 0.5) is 0 Å². The molecule has 8 nitrogen and oxygen atoms in total. The topological polar surface area (TPSA) is 122 Å². The lowest BCUT2D eigenvalue weighted by Crippen LogP contribution is -2.65. The van der Waals surface area contributed by atoms with Gasteiger partial charge in [0.15, 0.2) is 0 Å². The molecule has 2 aliphatic rings. The number of nitrogens with one attached hydrogen (secondary N) is 1. The summed E-state index contributed by atoms with van der Waals surface area (Å²) in [5, 5.41) is 43.3. The van der Waals surface area contributed by atoms with Crippen LogP contribution in [0, 0.1) is 11.8 Å². The molecule has 2 fully saturated rings. The van der Waals surface area contributed by atoms with E-state index in [2.05, 4.69) is 12.2 Å². The summed E-state index contributed by atoms with van der Waals surface area (Å²) in [6, 6.07) is -0.842. The lowest BCUT2D eigenvalue weighted by atomic mass is 9.85. The first-order valence-corrected chi connectivity index (χ1v) is 12.1. The van der Waals surface area contributed by atoms with Gasteiger partial charge in [0.25, 0.3) is 0 Å². The monoisotopic (exact) mass is 444 g/mol. The fourth-order valence-electron chi connectivity index (χ4n) is 4.97. The largest absolute Gasteiger partial charge is 0.395 e. The molecule has 0 aromatic rings. The summed E-state index contributed by atoms with van der Waals surface area (Å²) >= 11 is 0. The van der Waals surface area contributed by atoms with Crippen molar-refractivity contribution in [2.45, 2.75) is 109 Å². The number of piperidine rings is 1. The second-order valence-corrected chi connectivity index (χ2v) is 9.72. The molecule has 1 amide bonds. The van der Waals surface area contributed by atoms with Crippen molar-refractivity contribution in [3.05, 3.63) is 0 Å². The molecule has 8 atom stereocenters. The molecule has 0 unspecified atom stereocenters. The fourth-order valence-corrected chi connectivity index (χ4v) is 4.97. The molecular formula is C23H44N2O6. The summed E-state index contributed by atoms with van der Waals surface area (Å²) in [5.74, 6) is 0.313. The Balaban J connectivity index is 2.10. The van der Waals surface area contributed by atoms with Crippen molar-refractivity contribution in [3.63, 3.8) is 0 Å². The van der Waals surface area contributed by atoms with E-state index >= 15 is 0 Å². The van der Waals surface area contributed by atoms with Crippen LogP contribution in [0.15, 0.2) is 0 Å². The standard InChI is InChI=1S/C23H44N2O6/c1-5-6-7-8-16-9-10-25(11-12-26)17(13-16)23(30)24-18(14(2)3)22-21(29)20(28)19(27)15(4)31-22/h14-22,26-29H,5-13H2,1-4H3,(H,24,30)/t15-,16-,17+,18-,19+,20-,21-,22-/m1/s1. The zero-order chi connectivity index (χ0) is 23.1. The van der Waals surface area contributed by atoms with Crippen LogP contribution >= 0.6 is 0 Å². The first kappa shape index (κ1) is 26.5. The van der Waals surface area contributed by atoms with Crippen molar-refractivity contribution in [2.75, 3.05) is 19.7 Å². The van der Waals surface area contributed by atoms with Crippen molar-refractivity contribution in [1.29, 1.82) is 0 Å². The predicted octanol–water partition coefficient (Wildman–Crippen LogP) is 0.650. The van der Waals surface area contributed by atoms with Gasteiger partial charge in [-0.25, -0.2) is 0 Å². The quantitative estimate of drug-likeness (QED) is 0.314. The zero-order valence-corrected chi connectivity index (χ0v) is 19.6. The molecule has 8 heteroatoms. The number of rotatable bonds is 10. The molecule has 0 saturated carbocycles. The molecule has 0 aromatic carbocycles. The van der Waals surface area contributed by atoms with Gasteiger partial charge in [-0.2, -0.15) is 0 Å². The second-order valence-electron chi connectivity index (χ2n) is 9.72. The van der Waals surface area contributed by atoms with E-state index in [0.717, 1.165) is 25.8 Å². The highest BCUT2D eigenvalue weighted by molar-refractivity contribution is 5.82.